The maximum atomic E-state index is 12.5. The molecule has 156 valence electrons. The topological polar surface area (TPSA) is 62.1 Å². The van der Waals surface area contributed by atoms with Gasteiger partial charge in [-0.25, -0.2) is 0 Å². The number of hydrogen-bond donors (Lipinski definition) is 1. The predicted octanol–water partition coefficient (Wildman–Crippen LogP) is 7.14. The van der Waals surface area contributed by atoms with Crippen molar-refractivity contribution in [3.63, 3.8) is 0 Å². The first kappa shape index (κ1) is 23.3. The third-order valence-corrected chi connectivity index (χ3v) is 6.12. The second kappa shape index (κ2) is 10.8. The van der Waals surface area contributed by atoms with E-state index >= 15 is 0 Å². The lowest BCUT2D eigenvalue weighted by Crippen LogP contribution is -2.13. The highest BCUT2D eigenvalue weighted by molar-refractivity contribution is 14.1. The summed E-state index contributed by atoms with van der Waals surface area (Å²) >= 11 is 11.9. The molecule has 0 aliphatic rings. The first-order valence-corrected chi connectivity index (χ1v) is 11.5. The van der Waals surface area contributed by atoms with Crippen LogP contribution in [0.3, 0.4) is 0 Å². The largest absolute Gasteiger partial charge is 0.488 e. The van der Waals surface area contributed by atoms with Gasteiger partial charge in [0.2, 0.25) is 0 Å². The minimum Gasteiger partial charge on any atom is -0.488 e. The molecule has 1 amide bonds. The molecule has 31 heavy (non-hydrogen) atoms. The molecule has 0 spiro atoms. The third-order valence-electron chi connectivity index (χ3n) is 4.37. The molecule has 0 radical (unpaired) electrons. The van der Waals surface area contributed by atoms with Crippen LogP contribution in [0, 0.1) is 21.8 Å². The number of nitrogens with one attached hydrogen (secondary N) is 1. The smallest absolute Gasteiger partial charge is 0.266 e. The van der Waals surface area contributed by atoms with E-state index in [4.69, 9.17) is 16.3 Å². The third kappa shape index (κ3) is 6.57. The molecule has 0 aliphatic carbocycles. The number of nitriles is 1. The summed E-state index contributed by atoms with van der Waals surface area (Å²) in [7, 11) is 0. The van der Waals surface area contributed by atoms with Crippen LogP contribution in [0.5, 0.6) is 5.75 Å². The second-order valence-corrected chi connectivity index (χ2v) is 9.20. The number of hydrogen-bond acceptors (Lipinski definition) is 3. The molecule has 3 rings (SSSR count). The zero-order valence-corrected chi connectivity index (χ0v) is 21.0. The average molecular weight is 608 g/mol. The number of nitrogens with zero attached hydrogens (tertiary/aromatic N) is 1. The van der Waals surface area contributed by atoms with Gasteiger partial charge in [-0.05, 0) is 105 Å². The highest BCUT2D eigenvalue weighted by Gasteiger charge is 2.11. The Morgan fingerprint density at radius 2 is 1.94 bits per heavy atom. The molecule has 3 aromatic carbocycles. The number of amides is 1. The van der Waals surface area contributed by atoms with E-state index in [9.17, 15) is 10.1 Å². The molecule has 0 bridgehead atoms. The summed E-state index contributed by atoms with van der Waals surface area (Å²) in [6.45, 7) is 2.32. The van der Waals surface area contributed by atoms with Crippen LogP contribution < -0.4 is 10.1 Å². The van der Waals surface area contributed by atoms with E-state index < -0.39 is 5.91 Å². The maximum Gasteiger partial charge on any atom is 0.266 e. The molecular weight excluding hydrogens is 591 g/mol. The van der Waals surface area contributed by atoms with Crippen LogP contribution in [-0.2, 0) is 11.4 Å². The zero-order valence-electron chi connectivity index (χ0n) is 16.5. The summed E-state index contributed by atoms with van der Waals surface area (Å²) in [6.07, 6.45) is 1.53. The quantitative estimate of drug-likeness (QED) is 0.184. The Bertz CT molecular complexity index is 1190. The minimum atomic E-state index is -0.502. The van der Waals surface area contributed by atoms with Gasteiger partial charge in [0.25, 0.3) is 5.91 Å². The monoisotopic (exact) mass is 606 g/mol. The van der Waals surface area contributed by atoms with Crippen LogP contribution in [-0.4, -0.2) is 5.91 Å². The summed E-state index contributed by atoms with van der Waals surface area (Å²) in [5, 5.41) is 12.7. The summed E-state index contributed by atoms with van der Waals surface area (Å²) in [5.74, 6) is 0.172. The highest BCUT2D eigenvalue weighted by atomic mass is 127. The maximum absolute atomic E-state index is 12.5. The van der Waals surface area contributed by atoms with Gasteiger partial charge in [0.1, 0.15) is 24.0 Å². The van der Waals surface area contributed by atoms with Gasteiger partial charge in [0.05, 0.1) is 4.47 Å². The Morgan fingerprint density at radius 1 is 1.19 bits per heavy atom. The zero-order chi connectivity index (χ0) is 22.4. The number of benzene rings is 3. The molecule has 0 saturated heterocycles. The van der Waals surface area contributed by atoms with E-state index in [1.807, 2.05) is 37.3 Å². The summed E-state index contributed by atoms with van der Waals surface area (Å²) in [6, 6.07) is 20.6. The number of aryl methyl sites for hydroxylation is 1. The van der Waals surface area contributed by atoms with Crippen molar-refractivity contribution in [1.29, 1.82) is 5.26 Å². The number of carbonyl (C=O) groups excluding carboxylic acids is 1. The summed E-state index contributed by atoms with van der Waals surface area (Å²) < 4.78 is 7.77. The normalized spacial score (nSPS) is 11.0. The molecule has 0 heterocycles. The molecular formula is C24H17BrClIN2O2. The molecule has 4 nitrogen and oxygen atoms in total. The molecule has 0 unspecified atom stereocenters. The molecule has 0 aliphatic heterocycles. The molecule has 0 saturated carbocycles. The number of ether oxygens (including phenoxy) is 1. The molecule has 0 fully saturated rings. The SMILES string of the molecule is Cc1ccc(NC(=O)/C(C#N)=C\c2ccc(OCc3ccc(I)cc3)c(Br)c2)cc1Cl. The van der Waals surface area contributed by atoms with Crippen LogP contribution in [0.15, 0.2) is 70.7 Å². The Kier molecular flexibility index (Phi) is 8.13. The van der Waals surface area contributed by atoms with E-state index in [0.29, 0.717) is 28.6 Å². The van der Waals surface area contributed by atoms with Crippen molar-refractivity contribution in [2.75, 3.05) is 5.32 Å². The van der Waals surface area contributed by atoms with Crippen molar-refractivity contribution in [3.05, 3.63) is 96.0 Å². The number of anilines is 1. The van der Waals surface area contributed by atoms with Gasteiger partial charge in [-0.15, -0.1) is 0 Å². The summed E-state index contributed by atoms with van der Waals surface area (Å²) in [4.78, 5) is 12.5. The van der Waals surface area contributed by atoms with Crippen LogP contribution >= 0.6 is 50.1 Å². The van der Waals surface area contributed by atoms with Crippen molar-refractivity contribution < 1.29 is 9.53 Å². The standard InChI is InChI=1S/C24H17BrClIN2O2/c1-15-2-8-20(12-22(15)26)29-24(30)18(13-28)10-17-5-9-23(21(25)11-17)31-14-16-3-6-19(27)7-4-16/h2-12H,14H2,1H3,(H,29,30)/b18-10-. The molecule has 3 aromatic rings. The predicted molar refractivity (Wildman–Crippen MR) is 136 cm³/mol. The number of halogens is 3. The van der Waals surface area contributed by atoms with E-state index in [1.54, 1.807) is 36.4 Å². The van der Waals surface area contributed by atoms with Crippen LogP contribution in [0.2, 0.25) is 5.02 Å². The molecule has 0 atom stereocenters. The van der Waals surface area contributed by atoms with Crippen molar-refractivity contribution in [3.8, 4) is 11.8 Å². The Morgan fingerprint density at radius 3 is 2.58 bits per heavy atom. The van der Waals surface area contributed by atoms with Crippen molar-refractivity contribution in [2.24, 2.45) is 0 Å². The fourth-order valence-corrected chi connectivity index (χ4v) is 3.70. The fraction of sp³-hybridized carbons (Fsp3) is 0.0833. The molecule has 7 heteroatoms. The lowest BCUT2D eigenvalue weighted by Gasteiger charge is -2.09. The number of rotatable bonds is 6. The van der Waals surface area contributed by atoms with Gasteiger partial charge >= 0.3 is 0 Å². The highest BCUT2D eigenvalue weighted by Crippen LogP contribution is 2.28. The van der Waals surface area contributed by atoms with Crippen molar-refractivity contribution in [2.45, 2.75) is 13.5 Å². The van der Waals surface area contributed by atoms with Gasteiger partial charge in [0, 0.05) is 14.3 Å². The lowest BCUT2D eigenvalue weighted by molar-refractivity contribution is -0.112. The Balaban J connectivity index is 1.70. The van der Waals surface area contributed by atoms with Gasteiger partial charge in [0.15, 0.2) is 0 Å². The first-order valence-electron chi connectivity index (χ1n) is 9.22. The van der Waals surface area contributed by atoms with Crippen molar-refractivity contribution in [1.82, 2.24) is 0 Å². The first-order chi connectivity index (χ1) is 14.9. The van der Waals surface area contributed by atoms with Gasteiger partial charge < -0.3 is 10.1 Å². The van der Waals surface area contributed by atoms with Gasteiger partial charge in [-0.1, -0.05) is 35.9 Å². The average Bonchev–Trinajstić information content (AvgIpc) is 2.75. The number of carbonyl (C=O) groups is 1. The summed E-state index contributed by atoms with van der Waals surface area (Å²) in [5.41, 5.74) is 3.18. The minimum absolute atomic E-state index is 0.0174. The van der Waals surface area contributed by atoms with Crippen LogP contribution in [0.4, 0.5) is 5.69 Å². The van der Waals surface area contributed by atoms with E-state index in [0.717, 1.165) is 15.6 Å². The molecule has 1 N–H and O–H groups in total. The van der Waals surface area contributed by atoms with Crippen molar-refractivity contribution >= 4 is 67.8 Å². The van der Waals surface area contributed by atoms with E-state index in [2.05, 4.69) is 43.8 Å². The Hall–Kier alpha value is -2.34. The van der Waals surface area contributed by atoms with Crippen LogP contribution in [0.1, 0.15) is 16.7 Å². The second-order valence-electron chi connectivity index (χ2n) is 6.69. The van der Waals surface area contributed by atoms with E-state index in [1.165, 1.54) is 9.65 Å². The Labute approximate surface area is 208 Å². The van der Waals surface area contributed by atoms with Gasteiger partial charge in [-0.2, -0.15) is 5.26 Å². The van der Waals surface area contributed by atoms with Crippen LogP contribution in [0.25, 0.3) is 6.08 Å². The lowest BCUT2D eigenvalue weighted by atomic mass is 10.1. The molecule has 0 aromatic heterocycles. The van der Waals surface area contributed by atoms with E-state index in [-0.39, 0.29) is 5.57 Å². The van der Waals surface area contributed by atoms with Gasteiger partial charge in [-0.3, -0.25) is 4.79 Å². The fourth-order valence-electron chi connectivity index (χ4n) is 2.65.